The second kappa shape index (κ2) is 13.7. The van der Waals surface area contributed by atoms with Crippen molar-refractivity contribution in [1.82, 2.24) is 0 Å². The van der Waals surface area contributed by atoms with Crippen LogP contribution in [0.3, 0.4) is 0 Å². The van der Waals surface area contributed by atoms with Gasteiger partial charge in [0.1, 0.15) is 11.7 Å². The maximum Gasteiger partial charge on any atom is 0.116 e. The lowest BCUT2D eigenvalue weighted by molar-refractivity contribution is -0.165. The first-order valence-corrected chi connectivity index (χ1v) is 10.3. The summed E-state index contributed by atoms with van der Waals surface area (Å²) in [4.78, 5) is 0. The summed E-state index contributed by atoms with van der Waals surface area (Å²) in [5, 5.41) is 0. The minimum atomic E-state index is -0.349. The fourth-order valence-corrected chi connectivity index (χ4v) is 3.63. The van der Waals surface area contributed by atoms with E-state index in [9.17, 15) is 0 Å². The van der Waals surface area contributed by atoms with Crippen LogP contribution in [0.4, 0.5) is 0 Å². The Morgan fingerprint density at radius 1 is 0.833 bits per heavy atom. The van der Waals surface area contributed by atoms with Gasteiger partial charge in [-0.15, -0.1) is 13.2 Å². The van der Waals surface area contributed by atoms with E-state index in [0.29, 0.717) is 13.2 Å². The molecule has 0 radical (unpaired) electrons. The fourth-order valence-electron chi connectivity index (χ4n) is 3.63. The van der Waals surface area contributed by atoms with E-state index in [4.69, 9.17) is 9.47 Å². The molecule has 2 heteroatoms. The van der Waals surface area contributed by atoms with Gasteiger partial charge in [-0.05, 0) is 6.42 Å². The SMILES string of the molecule is C=CC1OCCOC1(C=C)CCCCCCCCCCCCCC. The minimum absolute atomic E-state index is 0.0449. The van der Waals surface area contributed by atoms with Crippen LogP contribution in [-0.4, -0.2) is 24.9 Å². The van der Waals surface area contributed by atoms with E-state index >= 15 is 0 Å². The molecule has 1 aliphatic heterocycles. The van der Waals surface area contributed by atoms with Gasteiger partial charge in [-0.1, -0.05) is 96.1 Å². The Bertz CT molecular complexity index is 326. The van der Waals surface area contributed by atoms with Gasteiger partial charge in [0.15, 0.2) is 0 Å². The minimum Gasteiger partial charge on any atom is -0.368 e. The molecule has 0 aromatic heterocycles. The maximum atomic E-state index is 6.00. The van der Waals surface area contributed by atoms with E-state index in [1.165, 1.54) is 77.0 Å². The van der Waals surface area contributed by atoms with E-state index in [-0.39, 0.29) is 11.7 Å². The van der Waals surface area contributed by atoms with Crippen LogP contribution in [0, 0.1) is 0 Å². The summed E-state index contributed by atoms with van der Waals surface area (Å²) in [6, 6.07) is 0. The van der Waals surface area contributed by atoms with Gasteiger partial charge in [0.2, 0.25) is 0 Å². The van der Waals surface area contributed by atoms with Gasteiger partial charge in [0.25, 0.3) is 0 Å². The van der Waals surface area contributed by atoms with Crippen molar-refractivity contribution in [2.24, 2.45) is 0 Å². The third-order valence-electron chi connectivity index (χ3n) is 5.21. The number of unbranched alkanes of at least 4 members (excludes halogenated alkanes) is 11. The zero-order valence-corrected chi connectivity index (χ0v) is 16.1. The Hall–Kier alpha value is -0.600. The van der Waals surface area contributed by atoms with E-state index in [2.05, 4.69) is 20.1 Å². The largest absolute Gasteiger partial charge is 0.368 e. The molecular weight excluding hydrogens is 296 g/mol. The van der Waals surface area contributed by atoms with Gasteiger partial charge in [-0.3, -0.25) is 0 Å². The summed E-state index contributed by atoms with van der Waals surface area (Å²) < 4.78 is 11.8. The molecule has 0 bridgehead atoms. The molecular formula is C22H40O2. The van der Waals surface area contributed by atoms with Gasteiger partial charge in [0.05, 0.1) is 13.2 Å². The van der Waals surface area contributed by atoms with Crippen molar-refractivity contribution in [1.29, 1.82) is 0 Å². The average Bonchev–Trinajstić information content (AvgIpc) is 2.62. The predicted molar refractivity (Wildman–Crippen MR) is 105 cm³/mol. The third-order valence-corrected chi connectivity index (χ3v) is 5.21. The molecule has 24 heavy (non-hydrogen) atoms. The Labute approximate surface area is 150 Å². The quantitative estimate of drug-likeness (QED) is 0.248. The van der Waals surface area contributed by atoms with Crippen LogP contribution in [-0.2, 0) is 9.47 Å². The maximum absolute atomic E-state index is 6.00. The van der Waals surface area contributed by atoms with Crippen LogP contribution in [0.25, 0.3) is 0 Å². The Balaban J connectivity index is 2.01. The van der Waals surface area contributed by atoms with Crippen LogP contribution in [0.1, 0.15) is 90.4 Å². The highest BCUT2D eigenvalue weighted by Crippen LogP contribution is 2.31. The summed E-state index contributed by atoms with van der Waals surface area (Å²) in [7, 11) is 0. The van der Waals surface area contributed by atoms with Crippen molar-refractivity contribution in [3.05, 3.63) is 25.3 Å². The predicted octanol–water partition coefficient (Wildman–Crippen LogP) is 6.60. The molecule has 1 heterocycles. The summed E-state index contributed by atoms with van der Waals surface area (Å²) >= 11 is 0. The molecule has 0 aromatic rings. The van der Waals surface area contributed by atoms with E-state index in [0.717, 1.165) is 6.42 Å². The molecule has 1 fully saturated rings. The molecule has 140 valence electrons. The van der Waals surface area contributed by atoms with Crippen LogP contribution in [0.5, 0.6) is 0 Å². The van der Waals surface area contributed by atoms with Crippen molar-refractivity contribution in [3.8, 4) is 0 Å². The third kappa shape index (κ3) is 7.98. The second-order valence-electron chi connectivity index (χ2n) is 7.17. The summed E-state index contributed by atoms with van der Waals surface area (Å²) in [5.41, 5.74) is -0.349. The highest BCUT2D eigenvalue weighted by molar-refractivity contribution is 5.10. The molecule has 0 aliphatic carbocycles. The molecule has 0 N–H and O–H groups in total. The molecule has 0 saturated carbocycles. The Morgan fingerprint density at radius 2 is 1.38 bits per heavy atom. The van der Waals surface area contributed by atoms with Crippen molar-refractivity contribution in [3.63, 3.8) is 0 Å². The van der Waals surface area contributed by atoms with Crippen molar-refractivity contribution in [2.45, 2.75) is 102 Å². The smallest absolute Gasteiger partial charge is 0.116 e. The van der Waals surface area contributed by atoms with Crippen LogP contribution >= 0.6 is 0 Å². The van der Waals surface area contributed by atoms with Crippen LogP contribution < -0.4 is 0 Å². The normalized spacial score (nSPS) is 24.0. The second-order valence-corrected chi connectivity index (χ2v) is 7.17. The fraction of sp³-hybridized carbons (Fsp3) is 0.818. The van der Waals surface area contributed by atoms with Crippen LogP contribution in [0.15, 0.2) is 25.3 Å². The molecule has 0 spiro atoms. The van der Waals surface area contributed by atoms with Crippen molar-refractivity contribution >= 4 is 0 Å². The van der Waals surface area contributed by atoms with E-state index < -0.39 is 0 Å². The monoisotopic (exact) mass is 336 g/mol. The van der Waals surface area contributed by atoms with Gasteiger partial charge >= 0.3 is 0 Å². The lowest BCUT2D eigenvalue weighted by Gasteiger charge is -2.40. The first-order valence-electron chi connectivity index (χ1n) is 10.3. The van der Waals surface area contributed by atoms with Gasteiger partial charge in [0, 0.05) is 0 Å². The average molecular weight is 337 g/mol. The number of hydrogen-bond acceptors (Lipinski definition) is 2. The summed E-state index contributed by atoms with van der Waals surface area (Å²) in [5.74, 6) is 0. The molecule has 2 atom stereocenters. The number of hydrogen-bond donors (Lipinski definition) is 0. The molecule has 1 aliphatic rings. The molecule has 2 unspecified atom stereocenters. The zero-order valence-electron chi connectivity index (χ0n) is 16.1. The van der Waals surface area contributed by atoms with Gasteiger partial charge < -0.3 is 9.47 Å². The summed E-state index contributed by atoms with van der Waals surface area (Å²) in [6.45, 7) is 11.5. The first kappa shape index (κ1) is 21.4. The number of ether oxygens (including phenoxy) is 2. The van der Waals surface area contributed by atoms with Crippen LogP contribution in [0.2, 0.25) is 0 Å². The Morgan fingerprint density at radius 3 is 1.88 bits per heavy atom. The van der Waals surface area contributed by atoms with Gasteiger partial charge in [-0.25, -0.2) is 0 Å². The highest BCUT2D eigenvalue weighted by Gasteiger charge is 2.38. The number of rotatable bonds is 15. The van der Waals surface area contributed by atoms with Crippen molar-refractivity contribution in [2.75, 3.05) is 13.2 Å². The zero-order chi connectivity index (χ0) is 17.5. The first-order chi connectivity index (χ1) is 11.8. The molecule has 1 rings (SSSR count). The lowest BCUT2D eigenvalue weighted by atomic mass is 9.88. The lowest BCUT2D eigenvalue weighted by Crippen LogP contribution is -2.48. The highest BCUT2D eigenvalue weighted by atomic mass is 16.6. The Kier molecular flexibility index (Phi) is 12.2. The topological polar surface area (TPSA) is 18.5 Å². The van der Waals surface area contributed by atoms with E-state index in [1.807, 2.05) is 12.2 Å². The molecule has 2 nitrogen and oxygen atoms in total. The molecule has 0 amide bonds. The summed E-state index contributed by atoms with van der Waals surface area (Å²) in [6.07, 6.45) is 21.2. The van der Waals surface area contributed by atoms with E-state index in [1.54, 1.807) is 0 Å². The van der Waals surface area contributed by atoms with Crippen molar-refractivity contribution < 1.29 is 9.47 Å². The van der Waals surface area contributed by atoms with Gasteiger partial charge in [-0.2, -0.15) is 0 Å². The standard InChI is InChI=1S/C22H40O2/c1-4-7-8-9-10-11-12-13-14-15-16-17-18-22(6-3)21(5-2)23-19-20-24-22/h5-6,21H,2-4,7-20H2,1H3. The molecule has 1 saturated heterocycles. The molecule has 0 aromatic carbocycles.